The molecule has 0 spiro atoms. The maximum absolute atomic E-state index is 12.3. The average molecular weight is 360 g/mol. The fourth-order valence-corrected chi connectivity index (χ4v) is 3.39. The number of amides is 1. The lowest BCUT2D eigenvalue weighted by Crippen LogP contribution is -2.15. The van der Waals surface area contributed by atoms with Crippen LogP contribution in [0.25, 0.3) is 0 Å². The maximum Gasteiger partial charge on any atom is 0.350 e. The molecular formula is C19H24N2O3S. The molecule has 0 aliphatic heterocycles. The van der Waals surface area contributed by atoms with Gasteiger partial charge >= 0.3 is 5.97 Å². The summed E-state index contributed by atoms with van der Waals surface area (Å²) >= 11 is 1.18. The largest absolute Gasteiger partial charge is 0.462 e. The van der Waals surface area contributed by atoms with Gasteiger partial charge < -0.3 is 9.30 Å². The Balaban J connectivity index is 2.20. The Bertz CT molecular complexity index is 829. The number of ether oxygens (including phenoxy) is 1. The first-order valence-corrected chi connectivity index (χ1v) is 9.15. The Morgan fingerprint density at radius 1 is 1.24 bits per heavy atom. The molecule has 1 heterocycles. The van der Waals surface area contributed by atoms with Gasteiger partial charge in [-0.1, -0.05) is 49.4 Å². The van der Waals surface area contributed by atoms with Crippen LogP contribution in [0.1, 0.15) is 53.2 Å². The van der Waals surface area contributed by atoms with Gasteiger partial charge in [0.25, 0.3) is 5.91 Å². The van der Waals surface area contributed by atoms with Crippen LogP contribution in [0.15, 0.2) is 29.3 Å². The Hall–Kier alpha value is -2.21. The first-order valence-electron chi connectivity index (χ1n) is 8.33. The zero-order valence-electron chi connectivity index (χ0n) is 15.3. The topological polar surface area (TPSA) is 60.7 Å². The summed E-state index contributed by atoms with van der Waals surface area (Å²) in [7, 11) is 1.79. The Morgan fingerprint density at radius 2 is 1.88 bits per heavy atom. The standard InChI is InChI=1S/C19H24N2O3S/c1-6-24-18(23)17-13(4)21(5)19(25-17)20-16(22)11-14-7-9-15(10-8-14)12(2)3/h7-10,12H,6,11H2,1-5H3. The zero-order valence-corrected chi connectivity index (χ0v) is 16.1. The highest BCUT2D eigenvalue weighted by Gasteiger charge is 2.16. The molecule has 0 radical (unpaired) electrons. The predicted octanol–water partition coefficient (Wildman–Crippen LogP) is 3.37. The molecule has 1 aromatic carbocycles. The van der Waals surface area contributed by atoms with Gasteiger partial charge in [-0.3, -0.25) is 4.79 Å². The minimum atomic E-state index is -0.376. The normalized spacial score (nSPS) is 11.8. The number of benzene rings is 1. The number of aromatic nitrogens is 1. The predicted molar refractivity (Wildman–Crippen MR) is 98.8 cm³/mol. The first kappa shape index (κ1) is 19.1. The van der Waals surface area contributed by atoms with E-state index in [2.05, 4.69) is 18.8 Å². The third kappa shape index (κ3) is 4.66. The zero-order chi connectivity index (χ0) is 18.6. The SMILES string of the molecule is CCOC(=O)c1sc(=NC(=O)Cc2ccc(C(C)C)cc2)n(C)c1C. The van der Waals surface area contributed by atoms with Crippen LogP contribution in [0.3, 0.4) is 0 Å². The van der Waals surface area contributed by atoms with E-state index in [9.17, 15) is 9.59 Å². The molecule has 0 aliphatic carbocycles. The van der Waals surface area contributed by atoms with E-state index in [4.69, 9.17) is 4.74 Å². The van der Waals surface area contributed by atoms with Crippen molar-refractivity contribution >= 4 is 23.2 Å². The molecule has 0 saturated heterocycles. The van der Waals surface area contributed by atoms with Crippen LogP contribution in [-0.2, 0) is 23.0 Å². The van der Waals surface area contributed by atoms with Crippen molar-refractivity contribution in [3.05, 3.63) is 50.8 Å². The van der Waals surface area contributed by atoms with E-state index in [1.807, 2.05) is 31.2 Å². The molecule has 0 bridgehead atoms. The lowest BCUT2D eigenvalue weighted by Gasteiger charge is -2.05. The second-order valence-corrected chi connectivity index (χ2v) is 7.13. The van der Waals surface area contributed by atoms with Crippen molar-refractivity contribution in [2.75, 3.05) is 6.61 Å². The van der Waals surface area contributed by atoms with Crippen LogP contribution >= 0.6 is 11.3 Å². The lowest BCUT2D eigenvalue weighted by molar-refractivity contribution is -0.117. The summed E-state index contributed by atoms with van der Waals surface area (Å²) in [6.07, 6.45) is 0.240. The number of carbonyl (C=O) groups excluding carboxylic acids is 2. The van der Waals surface area contributed by atoms with Gasteiger partial charge in [0.15, 0.2) is 4.80 Å². The van der Waals surface area contributed by atoms with Gasteiger partial charge in [0.05, 0.1) is 13.0 Å². The van der Waals surface area contributed by atoms with Crippen LogP contribution in [0, 0.1) is 6.92 Å². The summed E-state index contributed by atoms with van der Waals surface area (Å²) in [5, 5.41) is 0. The number of rotatable bonds is 5. The second-order valence-electron chi connectivity index (χ2n) is 6.16. The van der Waals surface area contributed by atoms with Crippen molar-refractivity contribution in [2.45, 2.75) is 40.0 Å². The van der Waals surface area contributed by atoms with Crippen LogP contribution in [-0.4, -0.2) is 23.1 Å². The van der Waals surface area contributed by atoms with Crippen molar-refractivity contribution in [1.82, 2.24) is 4.57 Å². The van der Waals surface area contributed by atoms with Crippen molar-refractivity contribution in [3.63, 3.8) is 0 Å². The van der Waals surface area contributed by atoms with Crippen molar-refractivity contribution in [3.8, 4) is 0 Å². The summed E-state index contributed by atoms with van der Waals surface area (Å²) in [6, 6.07) is 8.02. The number of hydrogen-bond acceptors (Lipinski definition) is 4. The van der Waals surface area contributed by atoms with E-state index in [0.29, 0.717) is 22.2 Å². The van der Waals surface area contributed by atoms with Gasteiger partial charge in [-0.2, -0.15) is 4.99 Å². The molecule has 0 N–H and O–H groups in total. The Morgan fingerprint density at radius 3 is 2.44 bits per heavy atom. The van der Waals surface area contributed by atoms with E-state index in [-0.39, 0.29) is 18.3 Å². The van der Waals surface area contributed by atoms with Gasteiger partial charge in [0.1, 0.15) is 4.88 Å². The van der Waals surface area contributed by atoms with E-state index < -0.39 is 0 Å². The van der Waals surface area contributed by atoms with Crippen LogP contribution in [0.4, 0.5) is 0 Å². The number of nitrogens with zero attached hydrogens (tertiary/aromatic N) is 2. The minimum absolute atomic E-state index is 0.232. The van der Waals surface area contributed by atoms with Gasteiger partial charge in [0, 0.05) is 12.7 Å². The molecule has 6 heteroatoms. The Kier molecular flexibility index (Phi) is 6.31. The number of hydrogen-bond donors (Lipinski definition) is 0. The number of esters is 1. The molecule has 134 valence electrons. The monoisotopic (exact) mass is 360 g/mol. The lowest BCUT2D eigenvalue weighted by atomic mass is 10.0. The molecule has 0 aliphatic rings. The fraction of sp³-hybridized carbons (Fsp3) is 0.421. The van der Waals surface area contributed by atoms with Crippen molar-refractivity contribution in [1.29, 1.82) is 0 Å². The minimum Gasteiger partial charge on any atom is -0.462 e. The first-order chi connectivity index (χ1) is 11.8. The molecule has 25 heavy (non-hydrogen) atoms. The second kappa shape index (κ2) is 8.25. The summed E-state index contributed by atoms with van der Waals surface area (Å²) in [4.78, 5) is 29.4. The van der Waals surface area contributed by atoms with Crippen molar-refractivity contribution in [2.24, 2.45) is 12.0 Å². The van der Waals surface area contributed by atoms with Crippen LogP contribution < -0.4 is 4.80 Å². The average Bonchev–Trinajstić information content (AvgIpc) is 2.84. The summed E-state index contributed by atoms with van der Waals surface area (Å²) in [5.41, 5.74) is 2.92. The molecule has 1 amide bonds. The van der Waals surface area contributed by atoms with E-state index in [1.165, 1.54) is 16.9 Å². The molecule has 0 saturated carbocycles. The molecular weight excluding hydrogens is 336 g/mol. The van der Waals surface area contributed by atoms with Gasteiger partial charge in [-0.15, -0.1) is 0 Å². The van der Waals surface area contributed by atoms with Gasteiger partial charge in [-0.05, 0) is 30.9 Å². The third-order valence-electron chi connectivity index (χ3n) is 3.99. The van der Waals surface area contributed by atoms with E-state index in [1.54, 1.807) is 18.5 Å². The van der Waals surface area contributed by atoms with Gasteiger partial charge in [-0.25, -0.2) is 4.79 Å². The number of thiazole rings is 1. The highest BCUT2D eigenvalue weighted by molar-refractivity contribution is 7.11. The summed E-state index contributed by atoms with van der Waals surface area (Å²) < 4.78 is 6.79. The highest BCUT2D eigenvalue weighted by atomic mass is 32.1. The molecule has 5 nitrogen and oxygen atoms in total. The molecule has 2 aromatic rings. The third-order valence-corrected chi connectivity index (χ3v) is 5.21. The smallest absolute Gasteiger partial charge is 0.350 e. The highest BCUT2D eigenvalue weighted by Crippen LogP contribution is 2.15. The molecule has 0 unspecified atom stereocenters. The van der Waals surface area contributed by atoms with Crippen LogP contribution in [0.2, 0.25) is 0 Å². The molecule has 0 fully saturated rings. The quantitative estimate of drug-likeness (QED) is 0.768. The summed E-state index contributed by atoms with van der Waals surface area (Å²) in [6.45, 7) is 8.17. The van der Waals surface area contributed by atoms with Gasteiger partial charge in [0.2, 0.25) is 0 Å². The molecule has 2 rings (SSSR count). The Labute approximate surface area is 152 Å². The summed E-state index contributed by atoms with van der Waals surface area (Å²) in [5.74, 6) is -0.146. The molecule has 0 atom stereocenters. The number of carbonyl (C=O) groups is 2. The van der Waals surface area contributed by atoms with E-state index in [0.717, 1.165) is 11.3 Å². The maximum atomic E-state index is 12.3. The fourth-order valence-electron chi connectivity index (χ4n) is 2.35. The molecule has 1 aromatic heterocycles. The van der Waals surface area contributed by atoms with Crippen LogP contribution in [0.5, 0.6) is 0 Å². The van der Waals surface area contributed by atoms with Crippen molar-refractivity contribution < 1.29 is 14.3 Å². The van der Waals surface area contributed by atoms with E-state index >= 15 is 0 Å².